The topological polar surface area (TPSA) is 32.9 Å². The van der Waals surface area contributed by atoms with Crippen molar-refractivity contribution in [3.63, 3.8) is 0 Å². The normalized spacial score (nSPS) is 11.5. The molecule has 0 saturated heterocycles. The summed E-state index contributed by atoms with van der Waals surface area (Å²) in [6, 6.07) is 1.98. The first-order chi connectivity index (χ1) is 6.77. The van der Waals surface area contributed by atoms with E-state index in [0.717, 1.165) is 10.1 Å². The summed E-state index contributed by atoms with van der Waals surface area (Å²) in [4.78, 5) is 14.2. The average Bonchev–Trinajstić information content (AvgIpc) is 2.69. The number of nitrogens with one attached hydrogen (secondary N) is 1. The molecule has 2 nitrogen and oxygen atoms in total. The number of aromatic amines is 1. The van der Waals surface area contributed by atoms with E-state index in [0.29, 0.717) is 0 Å². The molecule has 3 aromatic rings. The highest BCUT2D eigenvalue weighted by atomic mass is 32.1. The lowest BCUT2D eigenvalue weighted by molar-refractivity contribution is 1.29. The first-order valence-electron chi connectivity index (χ1n) is 4.25. The van der Waals surface area contributed by atoms with Gasteiger partial charge in [0.25, 0.3) is 5.56 Å². The fourth-order valence-corrected chi connectivity index (χ4v) is 4.04. The quantitative estimate of drug-likeness (QED) is 0.621. The number of fused-ring (bicyclic) bond motifs is 3. The highest BCUT2D eigenvalue weighted by molar-refractivity contribution is 7.32. The number of hydrogen-bond donors (Lipinski definition) is 1. The van der Waals surface area contributed by atoms with E-state index in [1.807, 2.05) is 6.07 Å². The Hall–Kier alpha value is -1.13. The van der Waals surface area contributed by atoms with Gasteiger partial charge in [0, 0.05) is 16.3 Å². The molecule has 0 aromatic carbocycles. The Morgan fingerprint density at radius 1 is 1.29 bits per heavy atom. The van der Waals surface area contributed by atoms with Gasteiger partial charge in [0.1, 0.15) is 4.70 Å². The molecule has 0 fully saturated rings. The molecule has 3 rings (SSSR count). The van der Waals surface area contributed by atoms with Crippen LogP contribution in [0.1, 0.15) is 5.56 Å². The third-order valence-electron chi connectivity index (χ3n) is 2.28. The van der Waals surface area contributed by atoms with Gasteiger partial charge in [0.15, 0.2) is 0 Å². The van der Waals surface area contributed by atoms with Crippen molar-refractivity contribution in [3.05, 3.63) is 33.6 Å². The summed E-state index contributed by atoms with van der Waals surface area (Å²) in [5.74, 6) is 0. The maximum atomic E-state index is 11.5. The second-order valence-corrected chi connectivity index (χ2v) is 5.13. The Labute approximate surface area is 87.8 Å². The van der Waals surface area contributed by atoms with Crippen LogP contribution in [-0.4, -0.2) is 4.98 Å². The minimum absolute atomic E-state index is 0.0234. The molecule has 0 amide bonds. The van der Waals surface area contributed by atoms with E-state index in [1.165, 1.54) is 15.0 Å². The van der Waals surface area contributed by atoms with Crippen molar-refractivity contribution < 1.29 is 0 Å². The predicted molar refractivity (Wildman–Crippen MR) is 62.6 cm³/mol. The highest BCUT2D eigenvalue weighted by Crippen LogP contribution is 2.37. The maximum absolute atomic E-state index is 11.5. The molecule has 0 saturated carbocycles. The number of aromatic nitrogens is 1. The van der Waals surface area contributed by atoms with E-state index in [1.54, 1.807) is 28.9 Å². The number of rotatable bonds is 0. The molecule has 0 aliphatic carbocycles. The number of pyridine rings is 1. The lowest BCUT2D eigenvalue weighted by atomic mass is 10.3. The van der Waals surface area contributed by atoms with Crippen molar-refractivity contribution >= 4 is 42.2 Å². The zero-order valence-corrected chi connectivity index (χ0v) is 9.09. The summed E-state index contributed by atoms with van der Waals surface area (Å²) >= 11 is 3.30. The first-order valence-corrected chi connectivity index (χ1v) is 5.95. The highest BCUT2D eigenvalue weighted by Gasteiger charge is 2.10. The van der Waals surface area contributed by atoms with Crippen LogP contribution in [0.4, 0.5) is 0 Å². The third-order valence-corrected chi connectivity index (χ3v) is 4.88. The molecule has 70 valence electrons. The summed E-state index contributed by atoms with van der Waals surface area (Å²) in [6.07, 6.45) is 1.71. The van der Waals surface area contributed by atoms with Gasteiger partial charge in [-0.1, -0.05) is 0 Å². The second kappa shape index (κ2) is 2.68. The van der Waals surface area contributed by atoms with Gasteiger partial charge in [0.05, 0.1) is 4.70 Å². The zero-order valence-electron chi connectivity index (χ0n) is 7.46. The van der Waals surface area contributed by atoms with E-state index in [-0.39, 0.29) is 5.56 Å². The van der Waals surface area contributed by atoms with Gasteiger partial charge in [-0.25, -0.2) is 0 Å². The fourth-order valence-electron chi connectivity index (χ4n) is 1.59. The second-order valence-electron chi connectivity index (χ2n) is 3.23. The van der Waals surface area contributed by atoms with Crippen LogP contribution in [0.2, 0.25) is 0 Å². The molecule has 1 N–H and O–H groups in total. The molecular weight excluding hydrogens is 214 g/mol. The van der Waals surface area contributed by atoms with Crippen molar-refractivity contribution in [1.29, 1.82) is 0 Å². The molecule has 14 heavy (non-hydrogen) atoms. The minimum atomic E-state index is 0.0234. The zero-order chi connectivity index (χ0) is 9.71. The van der Waals surface area contributed by atoms with Gasteiger partial charge in [-0.2, -0.15) is 0 Å². The molecule has 0 spiro atoms. The fraction of sp³-hybridized carbons (Fsp3) is 0.100. The molecule has 0 aliphatic heterocycles. The summed E-state index contributed by atoms with van der Waals surface area (Å²) in [5, 5.41) is 3.23. The Morgan fingerprint density at radius 2 is 2.14 bits per heavy atom. The predicted octanol–water partition coefficient (Wildman–Crippen LogP) is 3.11. The Bertz CT molecular complexity index is 674. The maximum Gasteiger partial charge on any atom is 0.265 e. The molecule has 0 atom stereocenters. The molecule has 3 heterocycles. The SMILES string of the molecule is Cc1csc2c1sc1c(=O)[nH]ccc12. The standard InChI is InChI=1S/C10H7NOS2/c1-5-4-13-8-6-2-3-11-10(12)9(6)14-7(5)8/h2-4H,1H3,(H,11,12). The molecule has 0 radical (unpaired) electrons. The Morgan fingerprint density at radius 3 is 3.00 bits per heavy atom. The molecular formula is C10H7NOS2. The summed E-state index contributed by atoms with van der Waals surface area (Å²) in [6.45, 7) is 2.09. The Balaban J connectivity index is 2.70. The number of H-pyrrole nitrogens is 1. The lowest BCUT2D eigenvalue weighted by Gasteiger charge is -1.85. The molecule has 0 bridgehead atoms. The van der Waals surface area contributed by atoms with Crippen molar-refractivity contribution in [2.75, 3.05) is 0 Å². The van der Waals surface area contributed by atoms with Crippen LogP contribution in [0, 0.1) is 6.92 Å². The van der Waals surface area contributed by atoms with E-state index >= 15 is 0 Å². The number of aryl methyl sites for hydroxylation is 1. The van der Waals surface area contributed by atoms with Crippen LogP contribution in [-0.2, 0) is 0 Å². The van der Waals surface area contributed by atoms with Gasteiger partial charge in [0.2, 0.25) is 0 Å². The average molecular weight is 221 g/mol. The van der Waals surface area contributed by atoms with Crippen LogP contribution >= 0.6 is 22.7 Å². The number of thiophene rings is 2. The van der Waals surface area contributed by atoms with Crippen molar-refractivity contribution in [3.8, 4) is 0 Å². The Kier molecular flexibility index (Phi) is 1.57. The van der Waals surface area contributed by atoms with Crippen LogP contribution in [0.3, 0.4) is 0 Å². The van der Waals surface area contributed by atoms with Crippen LogP contribution < -0.4 is 5.56 Å². The first kappa shape index (κ1) is 8.20. The number of hydrogen-bond acceptors (Lipinski definition) is 3. The molecule has 3 aromatic heterocycles. The summed E-state index contributed by atoms with van der Waals surface area (Å²) in [7, 11) is 0. The van der Waals surface area contributed by atoms with Crippen LogP contribution in [0.15, 0.2) is 22.4 Å². The van der Waals surface area contributed by atoms with Crippen molar-refractivity contribution in [2.24, 2.45) is 0 Å². The monoisotopic (exact) mass is 221 g/mol. The lowest BCUT2D eigenvalue weighted by Crippen LogP contribution is -2.01. The van der Waals surface area contributed by atoms with Crippen molar-refractivity contribution in [1.82, 2.24) is 4.98 Å². The van der Waals surface area contributed by atoms with E-state index < -0.39 is 0 Å². The van der Waals surface area contributed by atoms with Gasteiger partial charge < -0.3 is 4.98 Å². The van der Waals surface area contributed by atoms with E-state index in [9.17, 15) is 4.79 Å². The van der Waals surface area contributed by atoms with Gasteiger partial charge in [-0.3, -0.25) is 4.79 Å². The molecule has 0 aliphatic rings. The van der Waals surface area contributed by atoms with Crippen LogP contribution in [0.25, 0.3) is 19.5 Å². The third kappa shape index (κ3) is 0.923. The van der Waals surface area contributed by atoms with Gasteiger partial charge in [-0.15, -0.1) is 22.7 Å². The molecule has 0 unspecified atom stereocenters. The summed E-state index contributed by atoms with van der Waals surface area (Å²) < 4.78 is 3.34. The van der Waals surface area contributed by atoms with Gasteiger partial charge >= 0.3 is 0 Å². The van der Waals surface area contributed by atoms with Crippen molar-refractivity contribution in [2.45, 2.75) is 6.92 Å². The summed E-state index contributed by atoms with van der Waals surface area (Å²) in [5.41, 5.74) is 1.29. The van der Waals surface area contributed by atoms with E-state index in [2.05, 4.69) is 17.3 Å². The minimum Gasteiger partial charge on any atom is -0.328 e. The molecule has 4 heteroatoms. The smallest absolute Gasteiger partial charge is 0.265 e. The largest absolute Gasteiger partial charge is 0.328 e. The van der Waals surface area contributed by atoms with Crippen LogP contribution in [0.5, 0.6) is 0 Å². The van der Waals surface area contributed by atoms with Gasteiger partial charge in [-0.05, 0) is 23.9 Å². The van der Waals surface area contributed by atoms with E-state index in [4.69, 9.17) is 0 Å².